The van der Waals surface area contributed by atoms with Crippen LogP contribution in [-0.2, 0) is 6.42 Å². The number of rotatable bonds is 4. The largest absolute Gasteiger partial charge is 0.357 e. The first-order valence-electron chi connectivity index (χ1n) is 6.45. The van der Waals surface area contributed by atoms with E-state index in [1.807, 2.05) is 12.1 Å². The zero-order valence-electron chi connectivity index (χ0n) is 11.4. The van der Waals surface area contributed by atoms with Gasteiger partial charge in [0.15, 0.2) is 0 Å². The van der Waals surface area contributed by atoms with Crippen molar-refractivity contribution in [3.8, 4) is 0 Å². The van der Waals surface area contributed by atoms with Gasteiger partial charge in [-0.1, -0.05) is 18.2 Å². The molecule has 0 aliphatic rings. The Labute approximate surface area is 109 Å². The summed E-state index contributed by atoms with van der Waals surface area (Å²) >= 11 is 0. The quantitative estimate of drug-likeness (QED) is 0.897. The molecule has 18 heavy (non-hydrogen) atoms. The van der Waals surface area contributed by atoms with E-state index in [2.05, 4.69) is 44.0 Å². The second-order valence-electron chi connectivity index (χ2n) is 4.91. The molecular weight excluding hydrogens is 222 g/mol. The Morgan fingerprint density at radius 3 is 2.67 bits per heavy atom. The average Bonchev–Trinajstić information content (AvgIpc) is 2.37. The van der Waals surface area contributed by atoms with Gasteiger partial charge in [-0.15, -0.1) is 0 Å². The van der Waals surface area contributed by atoms with E-state index in [1.165, 1.54) is 10.9 Å². The number of hydrogen-bond donors (Lipinski definition) is 1. The van der Waals surface area contributed by atoms with Crippen LogP contribution in [0.4, 0.5) is 5.82 Å². The van der Waals surface area contributed by atoms with Gasteiger partial charge in [-0.3, -0.25) is 0 Å². The first-order valence-corrected chi connectivity index (χ1v) is 6.45. The molecule has 0 spiro atoms. The van der Waals surface area contributed by atoms with Crippen molar-refractivity contribution < 1.29 is 0 Å². The maximum Gasteiger partial charge on any atom is 0.132 e. The van der Waals surface area contributed by atoms with E-state index in [1.54, 1.807) is 0 Å². The molecule has 1 aromatic heterocycles. The van der Waals surface area contributed by atoms with E-state index in [-0.39, 0.29) is 0 Å². The Bertz CT molecular complexity index is 534. The lowest BCUT2D eigenvalue weighted by Crippen LogP contribution is -2.28. The molecule has 0 bridgehead atoms. The Morgan fingerprint density at radius 1 is 1.28 bits per heavy atom. The fraction of sp³-hybridized carbons (Fsp3) is 0.400. The standard InChI is InChI=1S/C15H21N3/c1-11(2)18(3)15-13(8-9-16)10-12-6-4-5-7-14(12)17-15/h4-7,10-11H,8-9,16H2,1-3H3. The van der Waals surface area contributed by atoms with Crippen molar-refractivity contribution in [3.63, 3.8) is 0 Å². The minimum absolute atomic E-state index is 0.426. The van der Waals surface area contributed by atoms with E-state index in [9.17, 15) is 0 Å². The van der Waals surface area contributed by atoms with Gasteiger partial charge in [-0.05, 0) is 44.5 Å². The molecular formula is C15H21N3. The van der Waals surface area contributed by atoms with Gasteiger partial charge >= 0.3 is 0 Å². The highest BCUT2D eigenvalue weighted by molar-refractivity contribution is 5.81. The molecule has 2 N–H and O–H groups in total. The van der Waals surface area contributed by atoms with Crippen LogP contribution in [0.5, 0.6) is 0 Å². The number of nitrogens with two attached hydrogens (primary N) is 1. The second kappa shape index (κ2) is 5.36. The number of hydrogen-bond acceptors (Lipinski definition) is 3. The van der Waals surface area contributed by atoms with Crippen molar-refractivity contribution >= 4 is 16.7 Å². The van der Waals surface area contributed by atoms with Crippen LogP contribution in [-0.4, -0.2) is 24.6 Å². The van der Waals surface area contributed by atoms with Gasteiger partial charge in [0.2, 0.25) is 0 Å². The first kappa shape index (κ1) is 12.8. The summed E-state index contributed by atoms with van der Waals surface area (Å²) in [6, 6.07) is 10.9. The molecule has 3 heteroatoms. The van der Waals surface area contributed by atoms with Gasteiger partial charge in [-0.2, -0.15) is 0 Å². The Morgan fingerprint density at radius 2 is 2.00 bits per heavy atom. The highest BCUT2D eigenvalue weighted by atomic mass is 15.2. The first-order chi connectivity index (χ1) is 8.63. The molecule has 0 radical (unpaired) electrons. The average molecular weight is 243 g/mol. The van der Waals surface area contributed by atoms with Crippen molar-refractivity contribution in [3.05, 3.63) is 35.9 Å². The smallest absolute Gasteiger partial charge is 0.132 e. The summed E-state index contributed by atoms with van der Waals surface area (Å²) < 4.78 is 0. The van der Waals surface area contributed by atoms with Gasteiger partial charge in [0.1, 0.15) is 5.82 Å². The number of benzene rings is 1. The lowest BCUT2D eigenvalue weighted by Gasteiger charge is -2.25. The molecule has 0 saturated carbocycles. The lowest BCUT2D eigenvalue weighted by atomic mass is 10.1. The molecule has 0 saturated heterocycles. The number of anilines is 1. The third-order valence-corrected chi connectivity index (χ3v) is 3.30. The fourth-order valence-corrected chi connectivity index (χ4v) is 2.04. The molecule has 1 aromatic carbocycles. The molecule has 0 amide bonds. The third kappa shape index (κ3) is 2.46. The molecule has 0 aliphatic heterocycles. The lowest BCUT2D eigenvalue weighted by molar-refractivity contribution is 0.738. The Hall–Kier alpha value is -1.61. The Balaban J connectivity index is 2.57. The van der Waals surface area contributed by atoms with Crippen LogP contribution in [0.25, 0.3) is 10.9 Å². The van der Waals surface area contributed by atoms with E-state index in [4.69, 9.17) is 10.7 Å². The molecule has 0 aliphatic carbocycles. The maximum absolute atomic E-state index is 5.70. The zero-order valence-corrected chi connectivity index (χ0v) is 11.4. The molecule has 96 valence electrons. The maximum atomic E-state index is 5.70. The van der Waals surface area contributed by atoms with Crippen molar-refractivity contribution in [1.29, 1.82) is 0 Å². The van der Waals surface area contributed by atoms with Crippen LogP contribution in [0.2, 0.25) is 0 Å². The van der Waals surface area contributed by atoms with Crippen molar-refractivity contribution in [2.45, 2.75) is 26.3 Å². The van der Waals surface area contributed by atoms with Gasteiger partial charge in [0, 0.05) is 18.5 Å². The van der Waals surface area contributed by atoms with Crippen LogP contribution in [0.1, 0.15) is 19.4 Å². The van der Waals surface area contributed by atoms with Crippen LogP contribution >= 0.6 is 0 Å². The van der Waals surface area contributed by atoms with Crippen molar-refractivity contribution in [2.24, 2.45) is 5.73 Å². The normalized spacial score (nSPS) is 11.2. The van der Waals surface area contributed by atoms with Gasteiger partial charge in [0.25, 0.3) is 0 Å². The van der Waals surface area contributed by atoms with Crippen LogP contribution in [0.3, 0.4) is 0 Å². The molecule has 3 nitrogen and oxygen atoms in total. The number of aromatic nitrogens is 1. The monoisotopic (exact) mass is 243 g/mol. The topological polar surface area (TPSA) is 42.2 Å². The van der Waals surface area contributed by atoms with Gasteiger partial charge in [-0.25, -0.2) is 4.98 Å². The van der Waals surface area contributed by atoms with Crippen LogP contribution < -0.4 is 10.6 Å². The SMILES string of the molecule is CC(C)N(C)c1nc2ccccc2cc1CCN. The number of fused-ring (bicyclic) bond motifs is 1. The molecule has 2 aromatic rings. The van der Waals surface area contributed by atoms with E-state index >= 15 is 0 Å². The minimum Gasteiger partial charge on any atom is -0.357 e. The predicted molar refractivity (Wildman–Crippen MR) is 78.0 cm³/mol. The van der Waals surface area contributed by atoms with E-state index in [0.29, 0.717) is 12.6 Å². The zero-order chi connectivity index (χ0) is 13.1. The third-order valence-electron chi connectivity index (χ3n) is 3.30. The summed E-state index contributed by atoms with van der Waals surface area (Å²) in [6.07, 6.45) is 0.865. The van der Waals surface area contributed by atoms with Crippen LogP contribution in [0.15, 0.2) is 30.3 Å². The fourth-order valence-electron chi connectivity index (χ4n) is 2.04. The minimum atomic E-state index is 0.426. The Kier molecular flexibility index (Phi) is 3.82. The molecule has 0 fully saturated rings. The van der Waals surface area contributed by atoms with E-state index in [0.717, 1.165) is 17.8 Å². The molecule has 0 unspecified atom stereocenters. The predicted octanol–water partition coefficient (Wildman–Crippen LogP) is 2.58. The number of nitrogens with zero attached hydrogens (tertiary/aromatic N) is 2. The summed E-state index contributed by atoms with van der Waals surface area (Å²) in [6.45, 7) is 4.99. The van der Waals surface area contributed by atoms with Crippen molar-refractivity contribution in [2.75, 3.05) is 18.5 Å². The summed E-state index contributed by atoms with van der Waals surface area (Å²) in [7, 11) is 2.09. The van der Waals surface area contributed by atoms with E-state index < -0.39 is 0 Å². The van der Waals surface area contributed by atoms with Crippen LogP contribution in [0, 0.1) is 0 Å². The van der Waals surface area contributed by atoms with Gasteiger partial charge in [0.05, 0.1) is 5.52 Å². The summed E-state index contributed by atoms with van der Waals surface area (Å²) in [4.78, 5) is 6.99. The molecule has 2 rings (SSSR count). The number of pyridine rings is 1. The number of para-hydroxylation sites is 1. The van der Waals surface area contributed by atoms with Crippen molar-refractivity contribution in [1.82, 2.24) is 4.98 Å². The second-order valence-corrected chi connectivity index (χ2v) is 4.91. The summed E-state index contributed by atoms with van der Waals surface area (Å²) in [5.74, 6) is 1.05. The molecule has 1 heterocycles. The highest BCUT2D eigenvalue weighted by Gasteiger charge is 2.12. The summed E-state index contributed by atoms with van der Waals surface area (Å²) in [5.41, 5.74) is 7.97. The highest BCUT2D eigenvalue weighted by Crippen LogP contribution is 2.24. The summed E-state index contributed by atoms with van der Waals surface area (Å²) in [5, 5.41) is 1.18. The van der Waals surface area contributed by atoms with Gasteiger partial charge < -0.3 is 10.6 Å². The molecule has 0 atom stereocenters.